The summed E-state index contributed by atoms with van der Waals surface area (Å²) in [6.45, 7) is 6.24. The molecule has 2 heterocycles. The van der Waals surface area contributed by atoms with E-state index in [2.05, 4.69) is 30.5 Å². The van der Waals surface area contributed by atoms with Crippen molar-refractivity contribution >= 4 is 0 Å². The highest BCUT2D eigenvalue weighted by Gasteiger charge is 2.13. The minimum atomic E-state index is 0.352. The van der Waals surface area contributed by atoms with Gasteiger partial charge >= 0.3 is 0 Å². The summed E-state index contributed by atoms with van der Waals surface area (Å²) in [6.07, 6.45) is 8.96. The molecule has 0 saturated carbocycles. The van der Waals surface area contributed by atoms with Gasteiger partial charge in [-0.25, -0.2) is 0 Å². The second-order valence-electron chi connectivity index (χ2n) is 4.75. The van der Waals surface area contributed by atoms with Crippen LogP contribution >= 0.6 is 0 Å². The smallest absolute Gasteiger partial charge is 0.103 e. The van der Waals surface area contributed by atoms with Gasteiger partial charge in [-0.1, -0.05) is 6.92 Å². The third-order valence-corrected chi connectivity index (χ3v) is 3.28. The zero-order valence-corrected chi connectivity index (χ0v) is 11.8. The van der Waals surface area contributed by atoms with Gasteiger partial charge < -0.3 is 9.73 Å². The molecule has 2 rings (SSSR count). The van der Waals surface area contributed by atoms with E-state index in [1.807, 2.05) is 23.0 Å². The first-order chi connectivity index (χ1) is 9.33. The van der Waals surface area contributed by atoms with E-state index in [1.54, 1.807) is 6.26 Å². The predicted octanol–water partition coefficient (Wildman–Crippen LogP) is 3.17. The lowest BCUT2D eigenvalue weighted by Gasteiger charge is -2.16. The van der Waals surface area contributed by atoms with Crippen molar-refractivity contribution in [1.82, 2.24) is 15.1 Å². The molecule has 19 heavy (non-hydrogen) atoms. The number of nitrogens with zero attached hydrogens (tertiary/aromatic N) is 2. The van der Waals surface area contributed by atoms with Gasteiger partial charge in [0.2, 0.25) is 0 Å². The van der Waals surface area contributed by atoms with Crippen LogP contribution in [-0.2, 0) is 13.0 Å². The van der Waals surface area contributed by atoms with Crippen LogP contribution in [0, 0.1) is 0 Å². The Morgan fingerprint density at radius 3 is 2.95 bits per heavy atom. The van der Waals surface area contributed by atoms with Crippen LogP contribution in [0.4, 0.5) is 0 Å². The molecule has 1 unspecified atom stereocenters. The van der Waals surface area contributed by atoms with Crippen molar-refractivity contribution < 1.29 is 4.42 Å². The number of hydrogen-bond donors (Lipinski definition) is 1. The normalized spacial score (nSPS) is 12.7. The summed E-state index contributed by atoms with van der Waals surface area (Å²) >= 11 is 0. The Labute approximate surface area is 114 Å². The quantitative estimate of drug-likeness (QED) is 0.793. The molecule has 0 radical (unpaired) electrons. The van der Waals surface area contributed by atoms with Crippen molar-refractivity contribution in [2.24, 2.45) is 0 Å². The number of rotatable bonds is 8. The standard InChI is InChI=1S/C15H23N3O/c1-3-9-16-15(8-7-14-6-5-10-19-14)13-11-17-18(4-2)12-13/h5-6,10-12,15-16H,3-4,7-9H2,1-2H3. The van der Waals surface area contributed by atoms with Gasteiger partial charge in [-0.05, 0) is 38.4 Å². The van der Waals surface area contributed by atoms with Crippen LogP contribution < -0.4 is 5.32 Å². The molecule has 1 atom stereocenters. The van der Waals surface area contributed by atoms with Crippen molar-refractivity contribution in [2.75, 3.05) is 6.54 Å². The fourth-order valence-corrected chi connectivity index (χ4v) is 2.18. The Morgan fingerprint density at radius 1 is 1.42 bits per heavy atom. The molecule has 0 aliphatic carbocycles. The molecule has 2 aromatic heterocycles. The fraction of sp³-hybridized carbons (Fsp3) is 0.533. The Kier molecular flexibility index (Phi) is 5.21. The minimum absolute atomic E-state index is 0.352. The van der Waals surface area contributed by atoms with Crippen LogP contribution in [0.2, 0.25) is 0 Å². The molecule has 0 bridgehead atoms. The molecule has 0 spiro atoms. The van der Waals surface area contributed by atoms with Gasteiger partial charge in [-0.15, -0.1) is 0 Å². The zero-order chi connectivity index (χ0) is 13.5. The van der Waals surface area contributed by atoms with Gasteiger partial charge in [0, 0.05) is 30.8 Å². The summed E-state index contributed by atoms with van der Waals surface area (Å²) in [5.41, 5.74) is 1.27. The summed E-state index contributed by atoms with van der Waals surface area (Å²) < 4.78 is 7.38. The maximum Gasteiger partial charge on any atom is 0.103 e. The number of furan rings is 1. The Hall–Kier alpha value is -1.55. The highest BCUT2D eigenvalue weighted by atomic mass is 16.3. The molecule has 0 fully saturated rings. The zero-order valence-electron chi connectivity index (χ0n) is 11.8. The largest absolute Gasteiger partial charge is 0.469 e. The van der Waals surface area contributed by atoms with Gasteiger partial charge in [0.15, 0.2) is 0 Å². The topological polar surface area (TPSA) is 43.0 Å². The summed E-state index contributed by atoms with van der Waals surface area (Å²) in [7, 11) is 0. The fourth-order valence-electron chi connectivity index (χ4n) is 2.18. The van der Waals surface area contributed by atoms with Crippen LogP contribution in [-0.4, -0.2) is 16.3 Å². The molecule has 1 N–H and O–H groups in total. The first-order valence-corrected chi connectivity index (χ1v) is 7.11. The Morgan fingerprint density at radius 2 is 2.32 bits per heavy atom. The third-order valence-electron chi connectivity index (χ3n) is 3.28. The molecule has 0 aromatic carbocycles. The average Bonchev–Trinajstić information content (AvgIpc) is 3.09. The van der Waals surface area contributed by atoms with Crippen LogP contribution in [0.15, 0.2) is 35.2 Å². The third kappa shape index (κ3) is 3.96. The second-order valence-corrected chi connectivity index (χ2v) is 4.75. The molecule has 0 saturated heterocycles. The van der Waals surface area contributed by atoms with Crippen molar-refractivity contribution in [3.8, 4) is 0 Å². The Balaban J connectivity index is 1.98. The van der Waals surface area contributed by atoms with E-state index in [-0.39, 0.29) is 0 Å². The lowest BCUT2D eigenvalue weighted by atomic mass is 10.0. The molecule has 0 aliphatic rings. The molecular weight excluding hydrogens is 238 g/mol. The number of hydrogen-bond acceptors (Lipinski definition) is 3. The van der Waals surface area contributed by atoms with Gasteiger partial charge in [-0.3, -0.25) is 4.68 Å². The van der Waals surface area contributed by atoms with E-state index in [9.17, 15) is 0 Å². The van der Waals surface area contributed by atoms with Gasteiger partial charge in [0.1, 0.15) is 5.76 Å². The molecule has 4 heteroatoms. The first kappa shape index (κ1) is 13.9. The average molecular weight is 261 g/mol. The highest BCUT2D eigenvalue weighted by molar-refractivity contribution is 5.11. The summed E-state index contributed by atoms with van der Waals surface area (Å²) in [6, 6.07) is 4.33. The van der Waals surface area contributed by atoms with Crippen molar-refractivity contribution in [3.63, 3.8) is 0 Å². The summed E-state index contributed by atoms with van der Waals surface area (Å²) in [5.74, 6) is 1.05. The van der Waals surface area contributed by atoms with Crippen molar-refractivity contribution in [2.45, 2.75) is 45.7 Å². The van der Waals surface area contributed by atoms with Crippen LogP contribution in [0.3, 0.4) is 0 Å². The van der Waals surface area contributed by atoms with E-state index in [1.165, 1.54) is 5.56 Å². The van der Waals surface area contributed by atoms with E-state index < -0.39 is 0 Å². The molecule has 104 valence electrons. The van der Waals surface area contributed by atoms with Crippen LogP contribution in [0.5, 0.6) is 0 Å². The molecule has 4 nitrogen and oxygen atoms in total. The van der Waals surface area contributed by atoms with Crippen LogP contribution in [0.25, 0.3) is 0 Å². The molecule has 0 amide bonds. The number of aryl methyl sites for hydroxylation is 2. The number of nitrogens with one attached hydrogen (secondary N) is 1. The number of aromatic nitrogens is 2. The minimum Gasteiger partial charge on any atom is -0.469 e. The Bertz CT molecular complexity index is 461. The molecular formula is C15H23N3O. The summed E-state index contributed by atoms with van der Waals surface area (Å²) in [5, 5.41) is 7.95. The maximum absolute atomic E-state index is 5.40. The summed E-state index contributed by atoms with van der Waals surface area (Å²) in [4.78, 5) is 0. The van der Waals surface area contributed by atoms with E-state index >= 15 is 0 Å². The monoisotopic (exact) mass is 261 g/mol. The van der Waals surface area contributed by atoms with E-state index in [4.69, 9.17) is 4.42 Å². The van der Waals surface area contributed by atoms with E-state index in [0.717, 1.165) is 38.1 Å². The van der Waals surface area contributed by atoms with E-state index in [0.29, 0.717) is 6.04 Å². The maximum atomic E-state index is 5.40. The van der Waals surface area contributed by atoms with Gasteiger partial charge in [-0.2, -0.15) is 5.10 Å². The lowest BCUT2D eigenvalue weighted by Crippen LogP contribution is -2.22. The van der Waals surface area contributed by atoms with Crippen molar-refractivity contribution in [1.29, 1.82) is 0 Å². The highest BCUT2D eigenvalue weighted by Crippen LogP contribution is 2.19. The first-order valence-electron chi connectivity index (χ1n) is 7.11. The van der Waals surface area contributed by atoms with Crippen LogP contribution in [0.1, 0.15) is 44.1 Å². The van der Waals surface area contributed by atoms with Gasteiger partial charge in [0.25, 0.3) is 0 Å². The molecule has 2 aromatic rings. The van der Waals surface area contributed by atoms with Crippen molar-refractivity contribution in [3.05, 3.63) is 42.1 Å². The second kappa shape index (κ2) is 7.14. The predicted molar refractivity (Wildman–Crippen MR) is 76.0 cm³/mol. The lowest BCUT2D eigenvalue weighted by molar-refractivity contribution is 0.452. The molecule has 0 aliphatic heterocycles. The SMILES string of the molecule is CCCNC(CCc1ccco1)c1cnn(CC)c1. The van der Waals surface area contributed by atoms with Gasteiger partial charge in [0.05, 0.1) is 12.5 Å².